The second kappa shape index (κ2) is 11.8. The zero-order chi connectivity index (χ0) is 24.5. The highest BCUT2D eigenvalue weighted by Crippen LogP contribution is 2.18. The van der Waals surface area contributed by atoms with Crippen LogP contribution in [0.3, 0.4) is 0 Å². The molecule has 0 aliphatic heterocycles. The number of hydrogen-bond acceptors (Lipinski definition) is 4. The highest BCUT2D eigenvalue weighted by molar-refractivity contribution is 6.04. The van der Waals surface area contributed by atoms with Gasteiger partial charge in [-0.1, -0.05) is 60.2 Å². The van der Waals surface area contributed by atoms with Gasteiger partial charge in [-0.25, -0.2) is 0 Å². The van der Waals surface area contributed by atoms with E-state index in [1.54, 1.807) is 36.2 Å². The first-order valence-electron chi connectivity index (χ1n) is 11.1. The summed E-state index contributed by atoms with van der Waals surface area (Å²) >= 11 is 0. The average molecular weight is 459 g/mol. The summed E-state index contributed by atoms with van der Waals surface area (Å²) in [6.45, 7) is 3.93. The highest BCUT2D eigenvalue weighted by atomic mass is 16.2. The minimum Gasteiger partial charge on any atom is -0.345 e. The van der Waals surface area contributed by atoms with Crippen molar-refractivity contribution in [1.29, 1.82) is 0 Å². The Balaban J connectivity index is 1.54. The molecule has 0 saturated carbocycles. The SMILES string of the molecule is Cc1ccc(NC(=O)CN(C)CC(=O)Nc2ccccc2C(=O)N[C@H](C)c2ccccc2)cc1. The lowest BCUT2D eigenvalue weighted by Crippen LogP contribution is -2.36. The average Bonchev–Trinajstić information content (AvgIpc) is 2.81. The summed E-state index contributed by atoms with van der Waals surface area (Å²) in [5.74, 6) is -0.811. The van der Waals surface area contributed by atoms with Gasteiger partial charge in [0.2, 0.25) is 11.8 Å². The standard InChI is InChI=1S/C27H30N4O3/c1-19-13-15-22(16-14-19)29-25(32)17-31(3)18-26(33)30-24-12-8-7-11-23(24)27(34)28-20(2)21-9-5-4-6-10-21/h4-16,20H,17-18H2,1-3H3,(H,28,34)(H,29,32)(H,30,33)/t20-/m1/s1. The molecule has 0 radical (unpaired) electrons. The lowest BCUT2D eigenvalue weighted by atomic mass is 10.1. The molecule has 0 aliphatic carbocycles. The molecule has 7 heteroatoms. The molecule has 0 aliphatic rings. The van der Waals surface area contributed by atoms with Crippen LogP contribution in [0.5, 0.6) is 0 Å². The Hall–Kier alpha value is -3.97. The molecular formula is C27H30N4O3. The van der Waals surface area contributed by atoms with Gasteiger partial charge in [0.05, 0.1) is 30.4 Å². The molecule has 0 heterocycles. The largest absolute Gasteiger partial charge is 0.345 e. The topological polar surface area (TPSA) is 90.5 Å². The second-order valence-corrected chi connectivity index (χ2v) is 8.29. The monoisotopic (exact) mass is 458 g/mol. The van der Waals surface area contributed by atoms with Crippen molar-refractivity contribution < 1.29 is 14.4 Å². The van der Waals surface area contributed by atoms with Crippen molar-refractivity contribution in [3.05, 3.63) is 95.6 Å². The van der Waals surface area contributed by atoms with Crippen molar-refractivity contribution in [2.45, 2.75) is 19.9 Å². The van der Waals surface area contributed by atoms with Crippen LogP contribution in [0, 0.1) is 6.92 Å². The molecule has 7 nitrogen and oxygen atoms in total. The lowest BCUT2D eigenvalue weighted by Gasteiger charge is -2.18. The van der Waals surface area contributed by atoms with Gasteiger partial charge in [0, 0.05) is 5.69 Å². The Morgan fingerprint density at radius 3 is 2.06 bits per heavy atom. The number of amides is 3. The summed E-state index contributed by atoms with van der Waals surface area (Å²) < 4.78 is 0. The summed E-state index contributed by atoms with van der Waals surface area (Å²) in [7, 11) is 1.69. The maximum atomic E-state index is 12.9. The van der Waals surface area contributed by atoms with Gasteiger partial charge in [-0.15, -0.1) is 0 Å². The van der Waals surface area contributed by atoms with E-state index in [9.17, 15) is 14.4 Å². The number of anilines is 2. The number of nitrogens with zero attached hydrogens (tertiary/aromatic N) is 1. The predicted molar refractivity (Wildman–Crippen MR) is 135 cm³/mol. The number of aryl methyl sites for hydroxylation is 1. The predicted octanol–water partition coefficient (Wildman–Crippen LogP) is 4.00. The van der Waals surface area contributed by atoms with Crippen LogP contribution < -0.4 is 16.0 Å². The third-order valence-electron chi connectivity index (χ3n) is 5.26. The number of nitrogens with one attached hydrogen (secondary N) is 3. The normalized spacial score (nSPS) is 11.5. The second-order valence-electron chi connectivity index (χ2n) is 8.29. The molecule has 3 N–H and O–H groups in total. The van der Waals surface area contributed by atoms with E-state index in [1.165, 1.54) is 0 Å². The molecule has 3 aromatic carbocycles. The van der Waals surface area contributed by atoms with Crippen LogP contribution in [0.1, 0.15) is 34.5 Å². The third-order valence-corrected chi connectivity index (χ3v) is 5.26. The van der Waals surface area contributed by atoms with Gasteiger partial charge in [-0.05, 0) is 50.7 Å². The Morgan fingerprint density at radius 2 is 1.38 bits per heavy atom. The quantitative estimate of drug-likeness (QED) is 0.452. The Labute approximate surface area is 200 Å². The van der Waals surface area contributed by atoms with E-state index in [1.807, 2.05) is 68.4 Å². The van der Waals surface area contributed by atoms with Crippen molar-refractivity contribution in [3.8, 4) is 0 Å². The van der Waals surface area contributed by atoms with Crippen LogP contribution in [0.4, 0.5) is 11.4 Å². The van der Waals surface area contributed by atoms with Crippen LogP contribution in [0.25, 0.3) is 0 Å². The van der Waals surface area contributed by atoms with E-state index in [2.05, 4.69) is 16.0 Å². The van der Waals surface area contributed by atoms with Crippen molar-refractivity contribution >= 4 is 29.1 Å². The summed E-state index contributed by atoms with van der Waals surface area (Å²) in [6, 6.07) is 23.8. The fourth-order valence-corrected chi connectivity index (χ4v) is 3.46. The van der Waals surface area contributed by atoms with Crippen LogP contribution in [-0.2, 0) is 9.59 Å². The molecule has 3 amide bonds. The van der Waals surface area contributed by atoms with E-state index in [4.69, 9.17) is 0 Å². The highest BCUT2D eigenvalue weighted by Gasteiger charge is 2.17. The van der Waals surface area contributed by atoms with Gasteiger partial charge in [0.15, 0.2) is 0 Å². The fourth-order valence-electron chi connectivity index (χ4n) is 3.46. The number of rotatable bonds is 9. The molecule has 3 rings (SSSR count). The maximum absolute atomic E-state index is 12.9. The van der Waals surface area contributed by atoms with E-state index in [0.717, 1.165) is 11.1 Å². The molecule has 34 heavy (non-hydrogen) atoms. The summed E-state index contributed by atoms with van der Waals surface area (Å²) in [6.07, 6.45) is 0. The first-order chi connectivity index (χ1) is 16.3. The van der Waals surface area contributed by atoms with Crippen molar-refractivity contribution in [1.82, 2.24) is 10.2 Å². The van der Waals surface area contributed by atoms with Gasteiger partial charge in [-0.2, -0.15) is 0 Å². The molecule has 0 aromatic heterocycles. The molecule has 0 fully saturated rings. The summed E-state index contributed by atoms with van der Waals surface area (Å²) in [5, 5.41) is 8.57. The van der Waals surface area contributed by atoms with Crippen molar-refractivity contribution in [2.75, 3.05) is 30.8 Å². The first-order valence-corrected chi connectivity index (χ1v) is 11.1. The minimum absolute atomic E-state index is 0.00229. The molecule has 3 aromatic rings. The van der Waals surface area contributed by atoms with Gasteiger partial charge in [0.25, 0.3) is 5.91 Å². The van der Waals surface area contributed by atoms with Crippen LogP contribution in [-0.4, -0.2) is 42.8 Å². The Morgan fingerprint density at radius 1 is 0.794 bits per heavy atom. The van der Waals surface area contributed by atoms with Crippen molar-refractivity contribution in [2.24, 2.45) is 0 Å². The summed E-state index contributed by atoms with van der Waals surface area (Å²) in [4.78, 5) is 39.4. The number of likely N-dealkylation sites (N-methyl/N-ethyl adjacent to an activating group) is 1. The molecule has 0 bridgehead atoms. The van der Waals surface area contributed by atoms with Gasteiger partial charge in [-0.3, -0.25) is 19.3 Å². The molecule has 0 saturated heterocycles. The van der Waals surface area contributed by atoms with E-state index in [-0.39, 0.29) is 36.9 Å². The van der Waals surface area contributed by atoms with Crippen LogP contribution in [0.15, 0.2) is 78.9 Å². The van der Waals surface area contributed by atoms with Gasteiger partial charge in [0.1, 0.15) is 0 Å². The fraction of sp³-hybridized carbons (Fsp3) is 0.222. The molecule has 0 spiro atoms. The third kappa shape index (κ3) is 7.28. The zero-order valence-electron chi connectivity index (χ0n) is 19.7. The summed E-state index contributed by atoms with van der Waals surface area (Å²) in [5.41, 5.74) is 3.59. The number of hydrogen-bond donors (Lipinski definition) is 3. The number of benzene rings is 3. The van der Waals surface area contributed by atoms with Gasteiger partial charge < -0.3 is 16.0 Å². The minimum atomic E-state index is -0.318. The number of carbonyl (C=O) groups is 3. The Bertz CT molecular complexity index is 1130. The molecule has 0 unspecified atom stereocenters. The number of para-hydroxylation sites is 1. The smallest absolute Gasteiger partial charge is 0.253 e. The molecule has 176 valence electrons. The van der Waals surface area contributed by atoms with Crippen molar-refractivity contribution in [3.63, 3.8) is 0 Å². The van der Waals surface area contributed by atoms with E-state index < -0.39 is 0 Å². The Kier molecular flexibility index (Phi) is 8.54. The maximum Gasteiger partial charge on any atom is 0.253 e. The molecular weight excluding hydrogens is 428 g/mol. The van der Waals surface area contributed by atoms with E-state index in [0.29, 0.717) is 16.9 Å². The van der Waals surface area contributed by atoms with Gasteiger partial charge >= 0.3 is 0 Å². The van der Waals surface area contributed by atoms with Crippen LogP contribution >= 0.6 is 0 Å². The first kappa shape index (κ1) is 24.7. The van der Waals surface area contributed by atoms with E-state index >= 15 is 0 Å². The zero-order valence-corrected chi connectivity index (χ0v) is 19.7. The van der Waals surface area contributed by atoms with Crippen LogP contribution in [0.2, 0.25) is 0 Å². The molecule has 1 atom stereocenters. The number of carbonyl (C=O) groups excluding carboxylic acids is 3. The lowest BCUT2D eigenvalue weighted by molar-refractivity contribution is -0.119.